The second kappa shape index (κ2) is 10.5. The van der Waals surface area contributed by atoms with Gasteiger partial charge in [0.15, 0.2) is 11.6 Å². The second-order valence-electron chi connectivity index (χ2n) is 8.76. The number of benzene rings is 3. The van der Waals surface area contributed by atoms with E-state index in [1.165, 1.54) is 25.5 Å². The molecule has 1 heterocycles. The fourth-order valence-corrected chi connectivity index (χ4v) is 4.42. The van der Waals surface area contributed by atoms with Gasteiger partial charge in [-0.25, -0.2) is 0 Å². The molecule has 4 nitrogen and oxygen atoms in total. The van der Waals surface area contributed by atoms with Gasteiger partial charge in [0.25, 0.3) is 0 Å². The molecule has 5 rings (SSSR count). The Morgan fingerprint density at radius 1 is 0.914 bits per heavy atom. The van der Waals surface area contributed by atoms with Gasteiger partial charge in [0.05, 0.1) is 11.3 Å². The largest absolute Gasteiger partial charge is 0.512 e. The van der Waals surface area contributed by atoms with Crippen molar-refractivity contribution in [3.63, 3.8) is 0 Å². The minimum absolute atomic E-state index is 0. The van der Waals surface area contributed by atoms with Crippen LogP contribution < -0.4 is 0 Å². The number of para-hydroxylation sites is 1. The zero-order valence-electron chi connectivity index (χ0n) is 20.3. The van der Waals surface area contributed by atoms with Gasteiger partial charge in [0.1, 0.15) is 0 Å². The summed E-state index contributed by atoms with van der Waals surface area (Å²) in [5.74, 6) is 0.0247. The summed E-state index contributed by atoms with van der Waals surface area (Å²) < 4.78 is 0. The van der Waals surface area contributed by atoms with Gasteiger partial charge >= 0.3 is 0 Å². The van der Waals surface area contributed by atoms with E-state index in [4.69, 9.17) is 10.1 Å². The van der Waals surface area contributed by atoms with E-state index in [9.17, 15) is 9.59 Å². The summed E-state index contributed by atoms with van der Waals surface area (Å²) in [6, 6.07) is 21.6. The average Bonchev–Trinajstić information content (AvgIpc) is 3.04. The van der Waals surface area contributed by atoms with Crippen molar-refractivity contribution >= 4 is 22.5 Å². The molecule has 1 radical (unpaired) electrons. The molecule has 5 heteroatoms. The second-order valence-corrected chi connectivity index (χ2v) is 8.76. The number of hydrogen-bond acceptors (Lipinski definition) is 4. The predicted octanol–water partition coefficient (Wildman–Crippen LogP) is 6.87. The van der Waals surface area contributed by atoms with Crippen molar-refractivity contribution in [2.75, 3.05) is 0 Å². The molecule has 1 aliphatic carbocycles. The van der Waals surface area contributed by atoms with Gasteiger partial charge in [0.2, 0.25) is 0 Å². The third kappa shape index (κ3) is 5.32. The van der Waals surface area contributed by atoms with Crippen LogP contribution in [-0.4, -0.2) is 21.7 Å². The van der Waals surface area contributed by atoms with Crippen LogP contribution in [0.1, 0.15) is 46.5 Å². The van der Waals surface area contributed by atoms with Crippen molar-refractivity contribution in [3.8, 4) is 22.4 Å². The van der Waals surface area contributed by atoms with Crippen LogP contribution in [0.5, 0.6) is 0 Å². The van der Waals surface area contributed by atoms with Crippen molar-refractivity contribution in [3.05, 3.63) is 100 Å². The zero-order valence-corrected chi connectivity index (χ0v) is 22.7. The molecule has 0 unspecified atom stereocenters. The smallest absolute Gasteiger partial charge is 0.194 e. The maximum Gasteiger partial charge on any atom is 0.194 e. The van der Waals surface area contributed by atoms with Crippen molar-refractivity contribution in [1.29, 1.82) is 0 Å². The van der Waals surface area contributed by atoms with Crippen molar-refractivity contribution in [1.82, 2.24) is 4.98 Å². The van der Waals surface area contributed by atoms with Gasteiger partial charge in [-0.1, -0.05) is 55.8 Å². The van der Waals surface area contributed by atoms with Crippen LogP contribution >= 0.6 is 0 Å². The molecule has 0 aliphatic heterocycles. The molecule has 0 atom stereocenters. The van der Waals surface area contributed by atoms with E-state index >= 15 is 0 Å². The minimum atomic E-state index is -0.125. The molecule has 0 amide bonds. The molecule has 0 spiro atoms. The minimum Gasteiger partial charge on any atom is -0.512 e. The quantitative estimate of drug-likeness (QED) is 0.130. The van der Waals surface area contributed by atoms with E-state index in [1.54, 1.807) is 0 Å². The number of fused-ring (bicyclic) bond motifs is 5. The number of allylic oxidation sites excluding steroid dienone is 2. The van der Waals surface area contributed by atoms with Crippen molar-refractivity contribution in [2.24, 2.45) is 0 Å². The molecule has 0 fully saturated rings. The van der Waals surface area contributed by atoms with Gasteiger partial charge in [-0.3, -0.25) is 14.6 Å². The summed E-state index contributed by atoms with van der Waals surface area (Å²) in [6.07, 6.45) is 1.17. The Balaban J connectivity index is 0.000000378. The Morgan fingerprint density at radius 3 is 2.26 bits per heavy atom. The number of pyridine rings is 1. The van der Waals surface area contributed by atoms with Crippen LogP contribution in [0.2, 0.25) is 0 Å². The van der Waals surface area contributed by atoms with Crippen molar-refractivity contribution < 1.29 is 34.8 Å². The molecule has 179 valence electrons. The molecule has 1 aliphatic rings. The number of aliphatic hydroxyl groups excluding tert-OH is 1. The van der Waals surface area contributed by atoms with Gasteiger partial charge in [-0.2, -0.15) is 0 Å². The number of ketones is 2. The van der Waals surface area contributed by atoms with Crippen LogP contribution in [0.3, 0.4) is 0 Å². The molecule has 35 heavy (non-hydrogen) atoms. The van der Waals surface area contributed by atoms with Crippen LogP contribution in [-0.2, 0) is 24.9 Å². The summed E-state index contributed by atoms with van der Waals surface area (Å²) in [7, 11) is 0. The van der Waals surface area contributed by atoms with Crippen LogP contribution in [0, 0.1) is 26.8 Å². The molecule has 0 bridgehead atoms. The fourth-order valence-electron chi connectivity index (χ4n) is 4.42. The van der Waals surface area contributed by atoms with Crippen LogP contribution in [0.25, 0.3) is 33.3 Å². The number of aliphatic hydroxyl groups is 1. The third-order valence-electron chi connectivity index (χ3n) is 5.62. The molecule has 1 aromatic heterocycles. The third-order valence-corrected chi connectivity index (χ3v) is 5.62. The first-order chi connectivity index (χ1) is 16.2. The van der Waals surface area contributed by atoms with Gasteiger partial charge < -0.3 is 5.11 Å². The number of rotatable bonds is 2. The van der Waals surface area contributed by atoms with E-state index in [0.29, 0.717) is 0 Å². The van der Waals surface area contributed by atoms with Crippen molar-refractivity contribution in [2.45, 2.75) is 34.6 Å². The zero-order chi connectivity index (χ0) is 24.6. The summed E-state index contributed by atoms with van der Waals surface area (Å²) in [5.41, 5.74) is 9.46. The summed E-state index contributed by atoms with van der Waals surface area (Å²) in [4.78, 5) is 28.3. The summed E-state index contributed by atoms with van der Waals surface area (Å²) >= 11 is 0. The van der Waals surface area contributed by atoms with Crippen LogP contribution in [0.15, 0.2) is 66.4 Å². The van der Waals surface area contributed by atoms with Gasteiger partial charge in [-0.05, 0) is 43.7 Å². The van der Waals surface area contributed by atoms with E-state index in [2.05, 4.69) is 38.1 Å². The first-order valence-corrected chi connectivity index (χ1v) is 11.1. The molecule has 1 N–H and O–H groups in total. The number of aromatic nitrogens is 1. The van der Waals surface area contributed by atoms with E-state index in [0.717, 1.165) is 55.5 Å². The van der Waals surface area contributed by atoms with Gasteiger partial charge in [-0.15, -0.1) is 34.9 Å². The number of aryl methyl sites for hydroxylation is 3. The Labute approximate surface area is 219 Å². The number of hydrogen-bond donors (Lipinski definition) is 1. The topological polar surface area (TPSA) is 67.3 Å². The Hall–Kier alpha value is -3.40. The maximum atomic E-state index is 13.3. The summed E-state index contributed by atoms with van der Waals surface area (Å²) in [5, 5.41) is 9.28. The van der Waals surface area contributed by atoms with Crippen LogP contribution in [0.4, 0.5) is 0 Å². The predicted molar refractivity (Wildman–Crippen MR) is 136 cm³/mol. The number of nitrogens with zero attached hydrogens (tertiary/aromatic N) is 1. The molecular weight excluding hydrogens is 615 g/mol. The Bertz CT molecular complexity index is 1480. The molecule has 4 aromatic rings. The molecule has 0 saturated carbocycles. The average molecular weight is 641 g/mol. The first kappa shape index (κ1) is 26.2. The molecule has 0 saturated heterocycles. The normalized spacial score (nSPS) is 11.8. The Kier molecular flexibility index (Phi) is 7.84. The van der Waals surface area contributed by atoms with E-state index in [-0.39, 0.29) is 37.4 Å². The SMILES string of the molecule is CC(=O)/C=C(/C)O.Cc1[c-]c(-c2nc3ccccc3c3c2-c2cc(C)ccc2C3=O)cc(C)c1.[Ir]. The molecule has 3 aromatic carbocycles. The monoisotopic (exact) mass is 641 g/mol. The Morgan fingerprint density at radius 2 is 1.63 bits per heavy atom. The maximum absolute atomic E-state index is 13.3. The van der Waals surface area contributed by atoms with E-state index < -0.39 is 0 Å². The number of carbonyl (C=O) groups is 2. The van der Waals surface area contributed by atoms with E-state index in [1.807, 2.05) is 43.3 Å². The molecular formula is C30H26IrNO3-. The fraction of sp³-hybridized carbons (Fsp3) is 0.167. The first-order valence-electron chi connectivity index (χ1n) is 11.1. The standard InChI is InChI=1S/C25H18NO.C5H8O2.Ir/c1-14-8-9-18-20(13-14)22-23(25(18)27)19-6-4-5-7-21(19)26-24(22)17-11-15(2)10-16(3)12-17;1-4(6)3-5(2)7;/h4-11,13H,1-3H3;3,6H,1-2H3;/q-1;;/b;4-3-;. The van der Waals surface area contributed by atoms with Gasteiger partial charge in [0, 0.05) is 42.7 Å². The number of carbonyl (C=O) groups excluding carboxylic acids is 2. The summed E-state index contributed by atoms with van der Waals surface area (Å²) in [6.45, 7) is 9.02.